The highest BCUT2D eigenvalue weighted by Gasteiger charge is 2.47. The Morgan fingerprint density at radius 3 is 1.66 bits per heavy atom. The third-order valence-corrected chi connectivity index (χ3v) is 6.76. The van der Waals surface area contributed by atoms with E-state index in [1.165, 1.54) is 0 Å². The third-order valence-electron chi connectivity index (χ3n) is 6.76. The summed E-state index contributed by atoms with van der Waals surface area (Å²) in [5.74, 6) is -1.54. The smallest absolute Gasteiger partial charge is 0.306 e. The number of hydrogen-bond donors (Lipinski definition) is 1. The fourth-order valence-corrected chi connectivity index (χ4v) is 5.14. The van der Waals surface area contributed by atoms with E-state index in [-0.39, 0.29) is 31.8 Å². The van der Waals surface area contributed by atoms with Gasteiger partial charge in [0.25, 0.3) is 0 Å². The summed E-state index contributed by atoms with van der Waals surface area (Å²) in [4.78, 5) is 39.5. The number of hydrogen-bond acceptors (Lipinski definition) is 9. The minimum Gasteiger partial charge on any atom is -0.491 e. The molecule has 1 saturated heterocycles. The number of esters is 2. The second kappa shape index (κ2) is 13.4. The van der Waals surface area contributed by atoms with Crippen LogP contribution in [0, 0.1) is 11.8 Å². The average Bonchev–Trinajstić information content (AvgIpc) is 2.91. The van der Waals surface area contributed by atoms with Crippen LogP contribution in [-0.4, -0.2) is 57.4 Å². The molecule has 0 aliphatic carbocycles. The molecule has 1 N–H and O–H groups in total. The van der Waals surface area contributed by atoms with Crippen molar-refractivity contribution in [1.29, 1.82) is 0 Å². The van der Waals surface area contributed by atoms with E-state index in [0.29, 0.717) is 37.9 Å². The molecule has 204 valence electrons. The van der Waals surface area contributed by atoms with Crippen LogP contribution < -0.4 is 14.8 Å². The Balaban J connectivity index is 1.83. The van der Waals surface area contributed by atoms with Gasteiger partial charge in [-0.05, 0) is 26.0 Å². The SMILES string of the molecule is CCOC(=O)C[C@H]1C(=O)[C@H](CC(=O)OCC)[C@H]2N[C@H]1c1ccccc1OCCOCCOc1ccccc12. The van der Waals surface area contributed by atoms with Gasteiger partial charge in [0, 0.05) is 35.0 Å². The summed E-state index contributed by atoms with van der Waals surface area (Å²) in [5, 5.41) is 3.62. The first-order valence-corrected chi connectivity index (χ1v) is 13.2. The van der Waals surface area contributed by atoms with E-state index in [4.69, 9.17) is 23.7 Å². The number of fused-ring (bicyclic) bond motifs is 6. The molecule has 2 aliphatic rings. The first-order chi connectivity index (χ1) is 18.5. The molecule has 0 radical (unpaired) electrons. The molecule has 2 aromatic carbocycles. The maximum Gasteiger partial charge on any atom is 0.306 e. The molecule has 0 amide bonds. The van der Waals surface area contributed by atoms with Crippen molar-refractivity contribution in [2.24, 2.45) is 11.8 Å². The summed E-state index contributed by atoms with van der Waals surface area (Å²) < 4.78 is 28.2. The minimum atomic E-state index is -0.785. The topological polar surface area (TPSA) is 109 Å². The Morgan fingerprint density at radius 1 is 0.763 bits per heavy atom. The number of carbonyl (C=O) groups excluding carboxylic acids is 3. The number of para-hydroxylation sites is 2. The first-order valence-electron chi connectivity index (χ1n) is 13.2. The monoisotopic (exact) mass is 525 g/mol. The Hall–Kier alpha value is -3.43. The molecule has 38 heavy (non-hydrogen) atoms. The maximum absolute atomic E-state index is 14.2. The highest BCUT2D eigenvalue weighted by atomic mass is 16.5. The second-order valence-corrected chi connectivity index (χ2v) is 9.14. The van der Waals surface area contributed by atoms with Crippen LogP contribution in [-0.2, 0) is 28.6 Å². The fourth-order valence-electron chi connectivity index (χ4n) is 5.14. The Bertz CT molecular complexity index is 1040. The van der Waals surface area contributed by atoms with Crippen LogP contribution in [0.15, 0.2) is 48.5 Å². The minimum absolute atomic E-state index is 0.133. The van der Waals surface area contributed by atoms with Gasteiger partial charge in [0.05, 0.1) is 39.3 Å². The highest BCUT2D eigenvalue weighted by molar-refractivity contribution is 5.92. The van der Waals surface area contributed by atoms with E-state index >= 15 is 0 Å². The van der Waals surface area contributed by atoms with Crippen molar-refractivity contribution in [3.05, 3.63) is 59.7 Å². The van der Waals surface area contributed by atoms with Crippen LogP contribution in [0.2, 0.25) is 0 Å². The normalized spacial score (nSPS) is 23.5. The van der Waals surface area contributed by atoms with Gasteiger partial charge in [0.2, 0.25) is 0 Å². The zero-order valence-electron chi connectivity index (χ0n) is 21.9. The molecule has 0 aromatic heterocycles. The number of carbonyl (C=O) groups is 3. The number of ketones is 1. The van der Waals surface area contributed by atoms with Crippen molar-refractivity contribution in [3.8, 4) is 11.5 Å². The summed E-state index contributed by atoms with van der Waals surface area (Å²) in [7, 11) is 0. The lowest BCUT2D eigenvalue weighted by Crippen LogP contribution is -2.50. The lowest BCUT2D eigenvalue weighted by Gasteiger charge is -2.42. The second-order valence-electron chi connectivity index (χ2n) is 9.14. The first kappa shape index (κ1) is 27.6. The van der Waals surface area contributed by atoms with Crippen LogP contribution in [0.1, 0.15) is 49.9 Å². The molecule has 0 saturated carbocycles. The van der Waals surface area contributed by atoms with Crippen molar-refractivity contribution in [1.82, 2.24) is 5.32 Å². The van der Waals surface area contributed by atoms with Gasteiger partial charge in [0.15, 0.2) is 0 Å². The molecule has 0 unspecified atom stereocenters. The van der Waals surface area contributed by atoms with Crippen molar-refractivity contribution in [3.63, 3.8) is 0 Å². The van der Waals surface area contributed by atoms with Gasteiger partial charge in [-0.25, -0.2) is 0 Å². The summed E-state index contributed by atoms with van der Waals surface area (Å²) in [5.41, 5.74) is 1.48. The third kappa shape index (κ3) is 6.52. The van der Waals surface area contributed by atoms with Crippen molar-refractivity contribution < 1.29 is 38.1 Å². The van der Waals surface area contributed by atoms with Crippen LogP contribution in [0.4, 0.5) is 0 Å². The summed E-state index contributed by atoms with van der Waals surface area (Å²) in [6.07, 6.45) is -0.266. The molecule has 0 spiro atoms. The van der Waals surface area contributed by atoms with Crippen molar-refractivity contribution in [2.75, 3.05) is 39.6 Å². The maximum atomic E-state index is 14.2. The lowest BCUT2D eigenvalue weighted by molar-refractivity contribution is -0.151. The van der Waals surface area contributed by atoms with E-state index in [2.05, 4.69) is 5.32 Å². The number of benzene rings is 2. The van der Waals surface area contributed by atoms with Gasteiger partial charge in [-0.3, -0.25) is 14.4 Å². The largest absolute Gasteiger partial charge is 0.491 e. The van der Waals surface area contributed by atoms with E-state index in [0.717, 1.165) is 11.1 Å². The van der Waals surface area contributed by atoms with Crippen LogP contribution in [0.3, 0.4) is 0 Å². The number of rotatable bonds is 6. The zero-order chi connectivity index (χ0) is 26.9. The quantitative estimate of drug-likeness (QED) is 0.566. The Kier molecular flexibility index (Phi) is 9.73. The molecular formula is C29H35NO8. The van der Waals surface area contributed by atoms with E-state index in [9.17, 15) is 14.4 Å². The van der Waals surface area contributed by atoms with Crippen LogP contribution in [0.5, 0.6) is 11.5 Å². The molecule has 4 rings (SSSR count). The number of ether oxygens (including phenoxy) is 5. The molecule has 4 atom stereocenters. The predicted molar refractivity (Wildman–Crippen MR) is 138 cm³/mol. The van der Waals surface area contributed by atoms with Gasteiger partial charge >= 0.3 is 11.9 Å². The highest BCUT2D eigenvalue weighted by Crippen LogP contribution is 2.45. The average molecular weight is 526 g/mol. The summed E-state index contributed by atoms with van der Waals surface area (Å²) in [6.45, 7) is 5.22. The van der Waals surface area contributed by atoms with Crippen molar-refractivity contribution >= 4 is 17.7 Å². The summed E-state index contributed by atoms with van der Waals surface area (Å²) in [6, 6.07) is 13.7. The van der Waals surface area contributed by atoms with Gasteiger partial charge in [-0.1, -0.05) is 36.4 Å². The molecule has 9 nitrogen and oxygen atoms in total. The molecule has 2 bridgehead atoms. The molecule has 2 heterocycles. The van der Waals surface area contributed by atoms with Gasteiger partial charge < -0.3 is 29.0 Å². The number of Topliss-reactive ketones (excluding diaryl/α,β-unsaturated/α-hetero) is 1. The molecular weight excluding hydrogens is 490 g/mol. The van der Waals surface area contributed by atoms with Crippen molar-refractivity contribution in [2.45, 2.75) is 38.8 Å². The van der Waals surface area contributed by atoms with E-state index < -0.39 is 35.9 Å². The molecule has 1 fully saturated rings. The zero-order valence-corrected chi connectivity index (χ0v) is 21.9. The van der Waals surface area contributed by atoms with E-state index in [1.807, 2.05) is 48.5 Å². The van der Waals surface area contributed by atoms with Gasteiger partial charge in [0.1, 0.15) is 30.5 Å². The molecule has 2 aliphatic heterocycles. The standard InChI is InChI=1S/C29H35NO8/c1-3-35-25(31)17-21-27-19-9-5-7-11-23(19)37-15-13-34-14-16-38-24-12-8-6-10-20(24)28(30-27)22(29(21)33)18-26(32)36-4-2/h5-12,21-22,27-28,30H,3-4,13-18H2,1-2H3/t21-,22-,27+,28+/m1/s1. The number of nitrogens with one attached hydrogen (secondary N) is 1. The van der Waals surface area contributed by atoms with Crippen LogP contribution in [0.25, 0.3) is 0 Å². The predicted octanol–water partition coefficient (Wildman–Crippen LogP) is 3.57. The Labute approximate surface area is 222 Å². The Morgan fingerprint density at radius 2 is 1.21 bits per heavy atom. The lowest BCUT2D eigenvalue weighted by atomic mass is 9.72. The summed E-state index contributed by atoms with van der Waals surface area (Å²) >= 11 is 0. The van der Waals surface area contributed by atoms with Gasteiger partial charge in [-0.15, -0.1) is 0 Å². The number of piperidine rings is 1. The van der Waals surface area contributed by atoms with Crippen LogP contribution >= 0.6 is 0 Å². The molecule has 2 aromatic rings. The molecule has 9 heteroatoms. The fraction of sp³-hybridized carbons (Fsp3) is 0.483. The van der Waals surface area contributed by atoms with E-state index in [1.54, 1.807) is 13.8 Å². The van der Waals surface area contributed by atoms with Gasteiger partial charge in [-0.2, -0.15) is 0 Å².